The lowest BCUT2D eigenvalue weighted by molar-refractivity contribution is 0.986. The van der Waals surface area contributed by atoms with E-state index >= 15 is 0 Å². The smallest absolute Gasteiger partial charge is 0.155 e. The molecular formula is C8H8N4. The van der Waals surface area contributed by atoms with Crippen molar-refractivity contribution in [1.82, 2.24) is 14.5 Å². The third-order valence-corrected chi connectivity index (χ3v) is 1.53. The average molecular weight is 160 g/mol. The molecule has 12 heavy (non-hydrogen) atoms. The molecule has 0 fully saturated rings. The van der Waals surface area contributed by atoms with Crippen molar-refractivity contribution < 1.29 is 0 Å². The lowest BCUT2D eigenvalue weighted by atomic mass is 10.6. The van der Waals surface area contributed by atoms with Crippen molar-refractivity contribution >= 4 is 5.82 Å². The lowest BCUT2D eigenvalue weighted by Gasteiger charge is -1.99. The summed E-state index contributed by atoms with van der Waals surface area (Å²) in [4.78, 5) is 8.03. The molecule has 4 nitrogen and oxygen atoms in total. The summed E-state index contributed by atoms with van der Waals surface area (Å²) < 4.78 is 1.87. The Morgan fingerprint density at radius 1 is 1.08 bits per heavy atom. The zero-order valence-electron chi connectivity index (χ0n) is 6.38. The summed E-state index contributed by atoms with van der Waals surface area (Å²) in [5.74, 6) is 1.21. The fraction of sp³-hybridized carbons (Fsp3) is 0. The Balaban J connectivity index is 2.43. The topological polar surface area (TPSA) is 56.7 Å². The molecule has 0 unspecified atom stereocenters. The Morgan fingerprint density at radius 2 is 1.83 bits per heavy atom. The second-order valence-corrected chi connectivity index (χ2v) is 2.39. The van der Waals surface area contributed by atoms with Crippen molar-refractivity contribution in [3.05, 3.63) is 36.9 Å². The number of nitrogens with zero attached hydrogens (tertiary/aromatic N) is 3. The first kappa shape index (κ1) is 6.84. The van der Waals surface area contributed by atoms with Crippen LogP contribution in [0, 0.1) is 0 Å². The predicted molar refractivity (Wildman–Crippen MR) is 45.8 cm³/mol. The highest BCUT2D eigenvalue weighted by Gasteiger charge is 1.94. The van der Waals surface area contributed by atoms with Crippen LogP contribution in [0.15, 0.2) is 36.9 Å². The Morgan fingerprint density at radius 3 is 2.42 bits per heavy atom. The number of anilines is 1. The van der Waals surface area contributed by atoms with Gasteiger partial charge in [-0.1, -0.05) is 0 Å². The van der Waals surface area contributed by atoms with E-state index in [0.29, 0.717) is 5.82 Å². The summed E-state index contributed by atoms with van der Waals surface area (Å²) >= 11 is 0. The first-order valence-corrected chi connectivity index (χ1v) is 3.57. The molecule has 0 saturated heterocycles. The van der Waals surface area contributed by atoms with E-state index in [1.807, 2.05) is 29.1 Å². The van der Waals surface area contributed by atoms with Crippen LogP contribution >= 0.6 is 0 Å². The molecule has 0 amide bonds. The molecule has 0 aliphatic heterocycles. The van der Waals surface area contributed by atoms with E-state index in [-0.39, 0.29) is 0 Å². The van der Waals surface area contributed by atoms with E-state index in [0.717, 1.165) is 5.82 Å². The maximum Gasteiger partial charge on any atom is 0.155 e. The van der Waals surface area contributed by atoms with Crippen molar-refractivity contribution in [2.45, 2.75) is 0 Å². The van der Waals surface area contributed by atoms with E-state index in [9.17, 15) is 0 Å². The molecule has 0 saturated carbocycles. The first-order chi connectivity index (χ1) is 5.86. The van der Waals surface area contributed by atoms with Crippen LogP contribution in [0.25, 0.3) is 5.82 Å². The molecule has 2 heterocycles. The fourth-order valence-corrected chi connectivity index (χ4v) is 0.952. The van der Waals surface area contributed by atoms with Crippen LogP contribution in [0.3, 0.4) is 0 Å². The highest BCUT2D eigenvalue weighted by atomic mass is 15.1. The standard InChI is InChI=1S/C8H8N4/c9-7-5-11-8(6-10-7)12-3-1-2-4-12/h1-6H,(H2,9,10). The van der Waals surface area contributed by atoms with Crippen molar-refractivity contribution in [2.24, 2.45) is 0 Å². The SMILES string of the molecule is Nc1cnc(-n2cccc2)cn1. The van der Waals surface area contributed by atoms with Gasteiger partial charge in [0.1, 0.15) is 5.82 Å². The van der Waals surface area contributed by atoms with Gasteiger partial charge >= 0.3 is 0 Å². The highest BCUT2D eigenvalue weighted by Crippen LogP contribution is 2.03. The molecule has 2 N–H and O–H groups in total. The first-order valence-electron chi connectivity index (χ1n) is 3.57. The quantitative estimate of drug-likeness (QED) is 0.672. The molecule has 0 radical (unpaired) electrons. The van der Waals surface area contributed by atoms with Gasteiger partial charge in [-0.2, -0.15) is 0 Å². The summed E-state index contributed by atoms with van der Waals surface area (Å²) in [6.45, 7) is 0. The molecule has 2 aromatic heterocycles. The minimum Gasteiger partial charge on any atom is -0.382 e. The van der Waals surface area contributed by atoms with Gasteiger partial charge in [0.25, 0.3) is 0 Å². The second-order valence-electron chi connectivity index (χ2n) is 2.39. The summed E-state index contributed by atoms with van der Waals surface area (Å²) in [6.07, 6.45) is 6.98. The van der Waals surface area contributed by atoms with Crippen LogP contribution in [0.1, 0.15) is 0 Å². The van der Waals surface area contributed by atoms with Gasteiger partial charge in [-0.25, -0.2) is 9.97 Å². The third-order valence-electron chi connectivity index (χ3n) is 1.53. The fourth-order valence-electron chi connectivity index (χ4n) is 0.952. The molecule has 60 valence electrons. The molecule has 4 heteroatoms. The maximum atomic E-state index is 5.40. The molecule has 0 aliphatic carbocycles. The number of hydrogen-bond donors (Lipinski definition) is 1. The van der Waals surface area contributed by atoms with E-state index in [1.165, 1.54) is 6.20 Å². The number of aromatic nitrogens is 3. The van der Waals surface area contributed by atoms with Gasteiger partial charge in [-0.05, 0) is 12.1 Å². The molecule has 0 bridgehead atoms. The van der Waals surface area contributed by atoms with Gasteiger partial charge in [-0.15, -0.1) is 0 Å². The average Bonchev–Trinajstić information content (AvgIpc) is 2.58. The molecule has 2 rings (SSSR count). The number of nitrogens with two attached hydrogens (primary N) is 1. The molecule has 0 atom stereocenters. The van der Waals surface area contributed by atoms with E-state index in [2.05, 4.69) is 9.97 Å². The van der Waals surface area contributed by atoms with Crippen LogP contribution in [0.4, 0.5) is 5.82 Å². The van der Waals surface area contributed by atoms with Gasteiger partial charge in [0.2, 0.25) is 0 Å². The van der Waals surface area contributed by atoms with Crippen molar-refractivity contribution in [3.63, 3.8) is 0 Å². The third kappa shape index (κ3) is 1.14. The maximum absolute atomic E-state index is 5.40. The number of rotatable bonds is 1. The van der Waals surface area contributed by atoms with Gasteiger partial charge in [-0.3, -0.25) is 0 Å². The number of hydrogen-bond acceptors (Lipinski definition) is 3. The van der Waals surface area contributed by atoms with Gasteiger partial charge in [0.05, 0.1) is 12.4 Å². The Labute approximate surface area is 69.7 Å². The summed E-state index contributed by atoms with van der Waals surface area (Å²) in [5, 5.41) is 0. The van der Waals surface area contributed by atoms with Crippen molar-refractivity contribution in [3.8, 4) is 5.82 Å². The Kier molecular flexibility index (Phi) is 1.51. The monoisotopic (exact) mass is 160 g/mol. The molecule has 0 spiro atoms. The minimum absolute atomic E-state index is 0.436. The van der Waals surface area contributed by atoms with E-state index in [1.54, 1.807) is 6.20 Å². The lowest BCUT2D eigenvalue weighted by Crippen LogP contribution is -1.97. The number of nitrogen functional groups attached to an aromatic ring is 1. The molecule has 2 aromatic rings. The second kappa shape index (κ2) is 2.65. The Hall–Kier alpha value is -1.84. The Bertz CT molecular complexity index is 349. The predicted octanol–water partition coefficient (Wildman–Crippen LogP) is 0.850. The molecular weight excluding hydrogens is 152 g/mol. The largest absolute Gasteiger partial charge is 0.382 e. The summed E-state index contributed by atoms with van der Waals surface area (Å²) in [7, 11) is 0. The summed E-state index contributed by atoms with van der Waals surface area (Å²) in [6, 6.07) is 3.86. The van der Waals surface area contributed by atoms with Crippen LogP contribution in [-0.4, -0.2) is 14.5 Å². The minimum atomic E-state index is 0.436. The molecule has 0 aliphatic rings. The van der Waals surface area contributed by atoms with Gasteiger partial charge in [0, 0.05) is 12.4 Å². The van der Waals surface area contributed by atoms with Crippen molar-refractivity contribution in [1.29, 1.82) is 0 Å². The molecule has 0 aromatic carbocycles. The highest BCUT2D eigenvalue weighted by molar-refractivity contribution is 5.28. The van der Waals surface area contributed by atoms with Crippen molar-refractivity contribution in [2.75, 3.05) is 5.73 Å². The van der Waals surface area contributed by atoms with Crippen LogP contribution < -0.4 is 5.73 Å². The van der Waals surface area contributed by atoms with Gasteiger partial charge in [0.15, 0.2) is 5.82 Å². The zero-order valence-corrected chi connectivity index (χ0v) is 6.38. The normalized spacial score (nSPS) is 10.0. The zero-order chi connectivity index (χ0) is 8.39. The summed E-state index contributed by atoms with van der Waals surface area (Å²) in [5.41, 5.74) is 5.40. The van der Waals surface area contributed by atoms with Crippen LogP contribution in [0.2, 0.25) is 0 Å². The van der Waals surface area contributed by atoms with E-state index < -0.39 is 0 Å². The van der Waals surface area contributed by atoms with Gasteiger partial charge < -0.3 is 10.3 Å². The van der Waals surface area contributed by atoms with Crippen LogP contribution in [0.5, 0.6) is 0 Å². The van der Waals surface area contributed by atoms with E-state index in [4.69, 9.17) is 5.73 Å². The van der Waals surface area contributed by atoms with Crippen LogP contribution in [-0.2, 0) is 0 Å².